The van der Waals surface area contributed by atoms with Crippen molar-refractivity contribution >= 4 is 34.7 Å². The molecule has 1 amide bonds. The fourth-order valence-electron chi connectivity index (χ4n) is 1.37. The predicted molar refractivity (Wildman–Crippen MR) is 71.0 cm³/mol. The topological polar surface area (TPSA) is 42.0 Å². The second-order valence-corrected chi connectivity index (χ2v) is 5.17. The molecule has 17 heavy (non-hydrogen) atoms. The summed E-state index contributed by atoms with van der Waals surface area (Å²) >= 11 is 7.29. The average Bonchev–Trinajstić information content (AvgIpc) is 2.63. The van der Waals surface area contributed by atoms with Crippen molar-refractivity contribution in [2.24, 2.45) is 0 Å². The van der Waals surface area contributed by atoms with E-state index < -0.39 is 0 Å². The molecule has 0 unspecified atom stereocenters. The van der Waals surface area contributed by atoms with Crippen molar-refractivity contribution in [1.29, 1.82) is 0 Å². The number of carbonyl (C=O) groups is 1. The van der Waals surface area contributed by atoms with Crippen LogP contribution in [0.5, 0.6) is 0 Å². The summed E-state index contributed by atoms with van der Waals surface area (Å²) in [5, 5.41) is 5.14. The molecule has 0 aliphatic carbocycles. The lowest BCUT2D eigenvalue weighted by Crippen LogP contribution is -2.13. The van der Waals surface area contributed by atoms with Crippen LogP contribution in [-0.2, 0) is 0 Å². The summed E-state index contributed by atoms with van der Waals surface area (Å²) in [6, 6.07) is 3.37. The van der Waals surface area contributed by atoms with Crippen molar-refractivity contribution in [3.05, 3.63) is 44.7 Å². The van der Waals surface area contributed by atoms with Crippen LogP contribution >= 0.6 is 22.9 Å². The number of aromatic nitrogens is 1. The SMILES string of the molecule is Cc1scc(C(=O)Nc2ccc(Cl)cn2)c1C. The van der Waals surface area contributed by atoms with Gasteiger partial charge in [-0.3, -0.25) is 4.79 Å². The number of hydrogen-bond acceptors (Lipinski definition) is 3. The molecule has 88 valence electrons. The molecule has 2 aromatic rings. The van der Waals surface area contributed by atoms with Crippen LogP contribution in [0.25, 0.3) is 0 Å². The van der Waals surface area contributed by atoms with Crippen molar-refractivity contribution in [3.8, 4) is 0 Å². The molecule has 0 aliphatic heterocycles. The van der Waals surface area contributed by atoms with Crippen LogP contribution in [0.1, 0.15) is 20.8 Å². The van der Waals surface area contributed by atoms with Crippen LogP contribution in [0.3, 0.4) is 0 Å². The number of pyridine rings is 1. The summed E-state index contributed by atoms with van der Waals surface area (Å²) in [6.45, 7) is 3.94. The molecule has 2 rings (SSSR count). The molecule has 2 aromatic heterocycles. The van der Waals surface area contributed by atoms with Gasteiger partial charge in [0, 0.05) is 16.5 Å². The van der Waals surface area contributed by atoms with E-state index in [4.69, 9.17) is 11.6 Å². The van der Waals surface area contributed by atoms with Gasteiger partial charge in [0.2, 0.25) is 0 Å². The van der Waals surface area contributed by atoms with Gasteiger partial charge in [-0.05, 0) is 31.5 Å². The van der Waals surface area contributed by atoms with E-state index in [9.17, 15) is 4.79 Å². The molecule has 0 spiro atoms. The Bertz CT molecular complexity index is 548. The number of anilines is 1. The van der Waals surface area contributed by atoms with Gasteiger partial charge in [0.1, 0.15) is 5.82 Å². The van der Waals surface area contributed by atoms with E-state index in [1.54, 1.807) is 23.5 Å². The highest BCUT2D eigenvalue weighted by Crippen LogP contribution is 2.21. The highest BCUT2D eigenvalue weighted by molar-refractivity contribution is 7.10. The molecule has 0 aromatic carbocycles. The number of nitrogens with one attached hydrogen (secondary N) is 1. The summed E-state index contributed by atoms with van der Waals surface area (Å²) in [4.78, 5) is 17.1. The number of amides is 1. The minimum atomic E-state index is -0.137. The Morgan fingerprint density at radius 2 is 2.18 bits per heavy atom. The fourth-order valence-corrected chi connectivity index (χ4v) is 2.35. The van der Waals surface area contributed by atoms with E-state index in [-0.39, 0.29) is 5.91 Å². The Labute approximate surface area is 108 Å². The van der Waals surface area contributed by atoms with E-state index in [1.807, 2.05) is 19.2 Å². The highest BCUT2D eigenvalue weighted by atomic mass is 35.5. The minimum Gasteiger partial charge on any atom is -0.307 e. The van der Waals surface area contributed by atoms with Gasteiger partial charge in [-0.15, -0.1) is 11.3 Å². The number of rotatable bonds is 2. The third-order valence-electron chi connectivity index (χ3n) is 2.50. The molecular weight excluding hydrogens is 256 g/mol. The number of thiophene rings is 1. The number of nitrogens with zero attached hydrogens (tertiary/aromatic N) is 1. The summed E-state index contributed by atoms with van der Waals surface area (Å²) < 4.78 is 0. The number of hydrogen-bond donors (Lipinski definition) is 1. The first-order valence-electron chi connectivity index (χ1n) is 5.05. The van der Waals surface area contributed by atoms with E-state index in [0.29, 0.717) is 16.4 Å². The van der Waals surface area contributed by atoms with Gasteiger partial charge in [0.25, 0.3) is 5.91 Å². The molecule has 0 saturated heterocycles. The molecule has 0 bridgehead atoms. The molecular formula is C12H11ClN2OS. The molecule has 0 radical (unpaired) electrons. The molecule has 2 heterocycles. The molecule has 0 atom stereocenters. The van der Waals surface area contributed by atoms with Gasteiger partial charge in [0.05, 0.1) is 10.6 Å². The lowest BCUT2D eigenvalue weighted by Gasteiger charge is -2.03. The van der Waals surface area contributed by atoms with Gasteiger partial charge < -0.3 is 5.32 Å². The molecule has 0 saturated carbocycles. The van der Waals surface area contributed by atoms with Crippen LogP contribution in [0.4, 0.5) is 5.82 Å². The minimum absolute atomic E-state index is 0.137. The smallest absolute Gasteiger partial charge is 0.257 e. The van der Waals surface area contributed by atoms with Crippen molar-refractivity contribution in [2.75, 3.05) is 5.32 Å². The van der Waals surface area contributed by atoms with Gasteiger partial charge in [-0.25, -0.2) is 4.98 Å². The van der Waals surface area contributed by atoms with Crippen molar-refractivity contribution < 1.29 is 4.79 Å². The van der Waals surface area contributed by atoms with Crippen LogP contribution in [0.15, 0.2) is 23.7 Å². The lowest BCUT2D eigenvalue weighted by atomic mass is 10.1. The standard InChI is InChI=1S/C12H11ClN2OS/c1-7-8(2)17-6-10(7)12(16)15-11-4-3-9(13)5-14-11/h3-6H,1-2H3,(H,14,15,16). The highest BCUT2D eigenvalue weighted by Gasteiger charge is 2.12. The Morgan fingerprint density at radius 1 is 1.41 bits per heavy atom. The normalized spacial score (nSPS) is 10.3. The zero-order valence-corrected chi connectivity index (χ0v) is 11.0. The molecule has 1 N–H and O–H groups in total. The number of carbonyl (C=O) groups excluding carboxylic acids is 1. The molecule has 3 nitrogen and oxygen atoms in total. The second-order valence-electron chi connectivity index (χ2n) is 3.65. The largest absolute Gasteiger partial charge is 0.307 e. The van der Waals surface area contributed by atoms with Crippen molar-refractivity contribution in [2.45, 2.75) is 13.8 Å². The zero-order chi connectivity index (χ0) is 12.4. The zero-order valence-electron chi connectivity index (χ0n) is 9.45. The van der Waals surface area contributed by atoms with E-state index >= 15 is 0 Å². The van der Waals surface area contributed by atoms with Crippen LogP contribution < -0.4 is 5.32 Å². The average molecular weight is 267 g/mol. The van der Waals surface area contributed by atoms with Gasteiger partial charge >= 0.3 is 0 Å². The maximum atomic E-state index is 12.0. The van der Waals surface area contributed by atoms with Gasteiger partial charge in [-0.1, -0.05) is 11.6 Å². The monoisotopic (exact) mass is 266 g/mol. The quantitative estimate of drug-likeness (QED) is 0.901. The van der Waals surface area contributed by atoms with Crippen LogP contribution in [0.2, 0.25) is 5.02 Å². The maximum absolute atomic E-state index is 12.0. The summed E-state index contributed by atoms with van der Waals surface area (Å²) in [7, 11) is 0. The third-order valence-corrected chi connectivity index (χ3v) is 3.74. The first-order valence-corrected chi connectivity index (χ1v) is 6.31. The predicted octanol–water partition coefficient (Wildman–Crippen LogP) is 3.67. The maximum Gasteiger partial charge on any atom is 0.257 e. The Hall–Kier alpha value is -1.39. The van der Waals surface area contributed by atoms with Gasteiger partial charge in [-0.2, -0.15) is 0 Å². The third kappa shape index (κ3) is 2.65. The molecule has 0 aliphatic rings. The molecule has 0 fully saturated rings. The Kier molecular flexibility index (Phi) is 3.45. The van der Waals surface area contributed by atoms with Crippen molar-refractivity contribution in [3.63, 3.8) is 0 Å². The first-order chi connectivity index (χ1) is 8.08. The molecule has 5 heteroatoms. The summed E-state index contributed by atoms with van der Waals surface area (Å²) in [5.74, 6) is 0.365. The first kappa shape index (κ1) is 12.1. The Morgan fingerprint density at radius 3 is 2.71 bits per heavy atom. The van der Waals surface area contributed by atoms with E-state index in [0.717, 1.165) is 10.4 Å². The second kappa shape index (κ2) is 4.85. The number of aryl methyl sites for hydroxylation is 1. The van der Waals surface area contributed by atoms with Crippen molar-refractivity contribution in [1.82, 2.24) is 4.98 Å². The van der Waals surface area contributed by atoms with Gasteiger partial charge in [0.15, 0.2) is 0 Å². The fraction of sp³-hybridized carbons (Fsp3) is 0.167. The van der Waals surface area contributed by atoms with Crippen LogP contribution in [0, 0.1) is 13.8 Å². The lowest BCUT2D eigenvalue weighted by molar-refractivity contribution is 0.102. The Balaban J connectivity index is 2.17. The summed E-state index contributed by atoms with van der Waals surface area (Å²) in [6.07, 6.45) is 1.50. The van der Waals surface area contributed by atoms with E-state index in [2.05, 4.69) is 10.3 Å². The van der Waals surface area contributed by atoms with E-state index in [1.165, 1.54) is 6.20 Å². The van der Waals surface area contributed by atoms with Crippen LogP contribution in [-0.4, -0.2) is 10.9 Å². The number of halogens is 1. The summed E-state index contributed by atoms with van der Waals surface area (Å²) in [5.41, 5.74) is 1.71.